The van der Waals surface area contributed by atoms with Crippen molar-refractivity contribution in [2.24, 2.45) is 0 Å². The van der Waals surface area contributed by atoms with Crippen molar-refractivity contribution in [3.8, 4) is 0 Å². The fourth-order valence-electron chi connectivity index (χ4n) is 3.49. The summed E-state index contributed by atoms with van der Waals surface area (Å²) >= 11 is 0. The van der Waals surface area contributed by atoms with Gasteiger partial charge in [0.05, 0.1) is 11.0 Å². The summed E-state index contributed by atoms with van der Waals surface area (Å²) in [4.78, 5) is 9.49. The van der Waals surface area contributed by atoms with Gasteiger partial charge in [0.25, 0.3) is 0 Å². The van der Waals surface area contributed by atoms with Gasteiger partial charge in [0.15, 0.2) is 0 Å². The lowest BCUT2D eigenvalue weighted by molar-refractivity contribution is 0.804. The van der Waals surface area contributed by atoms with Gasteiger partial charge in [-0.25, -0.2) is 0 Å². The number of rotatable bonds is 4. The van der Waals surface area contributed by atoms with Crippen molar-refractivity contribution in [2.75, 3.05) is 0 Å². The fourth-order valence-corrected chi connectivity index (χ4v) is 3.49. The Bertz CT molecular complexity index is 965. The van der Waals surface area contributed by atoms with Crippen LogP contribution in [-0.2, 0) is 12.8 Å². The van der Waals surface area contributed by atoms with Gasteiger partial charge in [0.1, 0.15) is 0 Å². The van der Waals surface area contributed by atoms with Crippen molar-refractivity contribution >= 4 is 21.8 Å². The molecule has 0 spiro atoms. The lowest BCUT2D eigenvalue weighted by Crippen LogP contribution is -1.98. The van der Waals surface area contributed by atoms with E-state index in [0.29, 0.717) is 0 Å². The standard InChI is InChI=1S/C23H22N2/c1-16-18(14-20-8-3-5-12-22(20)24-16)10-7-11-19-15-21-9-4-6-13-23(21)25-17(19)2/h3-6,8-9,12-15H,7,10-11H2,1-2H3. The highest BCUT2D eigenvalue weighted by atomic mass is 14.7. The van der Waals surface area contributed by atoms with Gasteiger partial charge in [0, 0.05) is 22.2 Å². The van der Waals surface area contributed by atoms with Crippen LogP contribution in [0.25, 0.3) is 21.8 Å². The summed E-state index contributed by atoms with van der Waals surface area (Å²) in [6.07, 6.45) is 3.22. The van der Waals surface area contributed by atoms with Gasteiger partial charge >= 0.3 is 0 Å². The summed E-state index contributed by atoms with van der Waals surface area (Å²) in [5.41, 5.74) is 7.16. The van der Waals surface area contributed by atoms with Crippen molar-refractivity contribution in [3.05, 3.63) is 83.2 Å². The maximum Gasteiger partial charge on any atom is 0.0705 e. The van der Waals surface area contributed by atoms with Crippen molar-refractivity contribution in [2.45, 2.75) is 33.1 Å². The van der Waals surface area contributed by atoms with E-state index in [4.69, 9.17) is 9.97 Å². The first-order valence-corrected chi connectivity index (χ1v) is 8.91. The lowest BCUT2D eigenvalue weighted by Gasteiger charge is -2.10. The van der Waals surface area contributed by atoms with E-state index in [1.807, 2.05) is 12.1 Å². The van der Waals surface area contributed by atoms with Gasteiger partial charge in [-0.05, 0) is 68.5 Å². The topological polar surface area (TPSA) is 25.8 Å². The van der Waals surface area contributed by atoms with Gasteiger partial charge in [-0.3, -0.25) is 9.97 Å². The molecule has 0 fully saturated rings. The first kappa shape index (κ1) is 15.8. The highest BCUT2D eigenvalue weighted by molar-refractivity contribution is 5.80. The molecule has 0 atom stereocenters. The summed E-state index contributed by atoms with van der Waals surface area (Å²) < 4.78 is 0. The summed E-state index contributed by atoms with van der Waals surface area (Å²) in [5.74, 6) is 0. The Morgan fingerprint density at radius 3 is 1.56 bits per heavy atom. The molecule has 4 aromatic rings. The molecule has 0 saturated heterocycles. The molecule has 2 aromatic carbocycles. The summed E-state index contributed by atoms with van der Waals surface area (Å²) in [5, 5.41) is 2.46. The third-order valence-electron chi connectivity index (χ3n) is 4.93. The van der Waals surface area contributed by atoms with Crippen LogP contribution >= 0.6 is 0 Å². The minimum absolute atomic E-state index is 1.05. The number of aryl methyl sites for hydroxylation is 4. The number of aromatic nitrogens is 2. The molecule has 0 bridgehead atoms. The Kier molecular flexibility index (Phi) is 4.19. The number of benzene rings is 2. The largest absolute Gasteiger partial charge is 0.253 e. The predicted octanol–water partition coefficient (Wildman–Crippen LogP) is 5.58. The van der Waals surface area contributed by atoms with Crippen molar-refractivity contribution < 1.29 is 0 Å². The zero-order valence-corrected chi connectivity index (χ0v) is 14.8. The van der Waals surface area contributed by atoms with Crippen molar-refractivity contribution in [1.29, 1.82) is 0 Å². The number of nitrogens with zero attached hydrogens (tertiary/aromatic N) is 2. The minimum Gasteiger partial charge on any atom is -0.253 e. The van der Waals surface area contributed by atoms with E-state index in [0.717, 1.165) is 41.7 Å². The Hall–Kier alpha value is -2.74. The lowest BCUT2D eigenvalue weighted by atomic mass is 10.00. The monoisotopic (exact) mass is 326 g/mol. The van der Waals surface area contributed by atoms with Gasteiger partial charge in [-0.2, -0.15) is 0 Å². The number of pyridine rings is 2. The van der Waals surface area contributed by atoms with E-state index in [1.54, 1.807) is 0 Å². The number of hydrogen-bond acceptors (Lipinski definition) is 2. The third-order valence-corrected chi connectivity index (χ3v) is 4.93. The molecule has 0 aliphatic carbocycles. The average molecular weight is 326 g/mol. The van der Waals surface area contributed by atoms with Crippen LogP contribution in [0.3, 0.4) is 0 Å². The van der Waals surface area contributed by atoms with E-state index < -0.39 is 0 Å². The summed E-state index contributed by atoms with van der Waals surface area (Å²) in [6, 6.07) is 21.3. The molecule has 2 heterocycles. The Morgan fingerprint density at radius 1 is 0.640 bits per heavy atom. The van der Waals surface area contributed by atoms with Crippen LogP contribution in [0.5, 0.6) is 0 Å². The first-order chi connectivity index (χ1) is 12.2. The molecule has 2 heteroatoms. The molecule has 0 amide bonds. The molecule has 2 nitrogen and oxygen atoms in total. The smallest absolute Gasteiger partial charge is 0.0705 e. The molecular weight excluding hydrogens is 304 g/mol. The maximum absolute atomic E-state index is 4.75. The zero-order chi connectivity index (χ0) is 17.2. The van der Waals surface area contributed by atoms with Crippen molar-refractivity contribution in [1.82, 2.24) is 9.97 Å². The molecular formula is C23H22N2. The zero-order valence-electron chi connectivity index (χ0n) is 14.8. The van der Waals surface area contributed by atoms with Crippen LogP contribution in [0.15, 0.2) is 60.7 Å². The Labute approximate surface area is 148 Å². The van der Waals surface area contributed by atoms with Crippen LogP contribution in [-0.4, -0.2) is 9.97 Å². The van der Waals surface area contributed by atoms with Crippen LogP contribution in [0.2, 0.25) is 0 Å². The SMILES string of the molecule is Cc1nc2ccccc2cc1CCCc1cc2ccccc2nc1C. The van der Waals surface area contributed by atoms with E-state index in [1.165, 1.54) is 21.9 Å². The summed E-state index contributed by atoms with van der Waals surface area (Å²) in [7, 11) is 0. The Morgan fingerprint density at radius 2 is 1.08 bits per heavy atom. The third kappa shape index (κ3) is 3.25. The van der Waals surface area contributed by atoms with Crippen LogP contribution < -0.4 is 0 Å². The summed E-state index contributed by atoms with van der Waals surface area (Å²) in [6.45, 7) is 4.23. The fraction of sp³-hybridized carbons (Fsp3) is 0.217. The molecule has 124 valence electrons. The van der Waals surface area contributed by atoms with Gasteiger partial charge in [-0.1, -0.05) is 36.4 Å². The molecule has 2 aromatic heterocycles. The van der Waals surface area contributed by atoms with E-state index in [-0.39, 0.29) is 0 Å². The molecule has 0 N–H and O–H groups in total. The molecule has 0 aliphatic heterocycles. The molecule has 0 saturated carbocycles. The number of hydrogen-bond donors (Lipinski definition) is 0. The highest BCUT2D eigenvalue weighted by Gasteiger charge is 2.06. The highest BCUT2D eigenvalue weighted by Crippen LogP contribution is 2.20. The Balaban J connectivity index is 1.52. The number of para-hydroxylation sites is 2. The van der Waals surface area contributed by atoms with Crippen molar-refractivity contribution in [3.63, 3.8) is 0 Å². The normalized spacial score (nSPS) is 11.3. The van der Waals surface area contributed by atoms with Gasteiger partial charge < -0.3 is 0 Å². The second-order valence-electron chi connectivity index (χ2n) is 6.70. The van der Waals surface area contributed by atoms with E-state index in [2.05, 4.69) is 62.4 Å². The molecule has 4 rings (SSSR count). The van der Waals surface area contributed by atoms with Crippen LogP contribution in [0.4, 0.5) is 0 Å². The van der Waals surface area contributed by atoms with Crippen LogP contribution in [0.1, 0.15) is 28.9 Å². The molecule has 0 radical (unpaired) electrons. The molecule has 0 unspecified atom stereocenters. The first-order valence-electron chi connectivity index (χ1n) is 8.91. The minimum atomic E-state index is 1.05. The number of fused-ring (bicyclic) bond motifs is 2. The van der Waals surface area contributed by atoms with E-state index >= 15 is 0 Å². The van der Waals surface area contributed by atoms with E-state index in [9.17, 15) is 0 Å². The quantitative estimate of drug-likeness (QED) is 0.489. The maximum atomic E-state index is 4.75. The predicted molar refractivity (Wildman–Crippen MR) is 105 cm³/mol. The molecule has 25 heavy (non-hydrogen) atoms. The molecule has 0 aliphatic rings. The average Bonchev–Trinajstić information content (AvgIpc) is 2.62. The second-order valence-corrected chi connectivity index (χ2v) is 6.70. The second kappa shape index (κ2) is 6.64. The van der Waals surface area contributed by atoms with Gasteiger partial charge in [-0.15, -0.1) is 0 Å². The van der Waals surface area contributed by atoms with Gasteiger partial charge in [0.2, 0.25) is 0 Å². The van der Waals surface area contributed by atoms with Crippen LogP contribution in [0, 0.1) is 13.8 Å².